The third kappa shape index (κ3) is 13.7. The Hall–Kier alpha value is -4.46. The summed E-state index contributed by atoms with van der Waals surface area (Å²) in [4.78, 5) is 36.8. The molecule has 0 saturated carbocycles. The number of likely N-dealkylation sites (tertiary alicyclic amines) is 1. The van der Waals surface area contributed by atoms with Crippen LogP contribution in [0.25, 0.3) is 10.9 Å². The second-order valence-corrected chi connectivity index (χ2v) is 10.5. The molecule has 1 aromatic carbocycles. The van der Waals surface area contributed by atoms with E-state index in [1.165, 1.54) is 43.6 Å². The fourth-order valence-corrected chi connectivity index (χ4v) is 4.61. The molecule has 1 unspecified atom stereocenters. The summed E-state index contributed by atoms with van der Waals surface area (Å²) in [7, 11) is 0. The molecule has 4 heterocycles. The smallest absolute Gasteiger partial charge is 0.475 e. The monoisotopic (exact) mass is 703 g/mol. The number of carboxylic acid groups (broad SMARTS) is 3. The van der Waals surface area contributed by atoms with Crippen LogP contribution < -0.4 is 0 Å². The molecule has 0 radical (unpaired) electrons. The molecule has 3 aromatic rings. The topological polar surface area (TPSA) is 149 Å². The Labute approximate surface area is 266 Å². The van der Waals surface area contributed by atoms with E-state index in [0.717, 1.165) is 37.4 Å². The van der Waals surface area contributed by atoms with Crippen molar-refractivity contribution in [2.45, 2.75) is 51.0 Å². The van der Waals surface area contributed by atoms with Crippen molar-refractivity contribution in [3.05, 3.63) is 60.0 Å². The SMILES string of the molecule is O=C(O)C(F)(F)F.O=C(O)C(F)(F)F.O=C(O)C(F)(F)F.c1ccc2nc(CN3Cc4ccnn4CC(CN4CCCC4)C3)ccc2c1. The average Bonchev–Trinajstić information content (AvgIpc) is 3.61. The van der Waals surface area contributed by atoms with Gasteiger partial charge in [-0.1, -0.05) is 24.3 Å². The number of fused-ring (bicyclic) bond motifs is 2. The van der Waals surface area contributed by atoms with E-state index in [2.05, 4.69) is 62.0 Å². The van der Waals surface area contributed by atoms with E-state index in [1.54, 1.807) is 0 Å². The molecule has 0 bridgehead atoms. The van der Waals surface area contributed by atoms with Crippen molar-refractivity contribution >= 4 is 28.8 Å². The maximum atomic E-state index is 10.6. The molecule has 0 spiro atoms. The molecule has 48 heavy (non-hydrogen) atoms. The van der Waals surface area contributed by atoms with Gasteiger partial charge in [-0.2, -0.15) is 44.6 Å². The highest BCUT2D eigenvalue weighted by atomic mass is 19.4. The van der Waals surface area contributed by atoms with Crippen LogP contribution in [0, 0.1) is 5.92 Å². The lowest BCUT2D eigenvalue weighted by Crippen LogP contribution is -2.35. The van der Waals surface area contributed by atoms with Gasteiger partial charge in [0, 0.05) is 50.2 Å². The molecule has 1 saturated heterocycles. The molecule has 0 amide bonds. The molecule has 0 aliphatic carbocycles. The summed E-state index contributed by atoms with van der Waals surface area (Å²) in [5.74, 6) is -7.66. The fraction of sp³-hybridized carbons (Fsp3) is 0.464. The van der Waals surface area contributed by atoms with Crippen LogP contribution in [0.15, 0.2) is 48.7 Å². The zero-order valence-electron chi connectivity index (χ0n) is 24.8. The second-order valence-electron chi connectivity index (χ2n) is 10.5. The van der Waals surface area contributed by atoms with Crippen molar-refractivity contribution in [2.24, 2.45) is 5.92 Å². The molecule has 2 aromatic heterocycles. The number of aromatic nitrogens is 3. The number of carboxylic acids is 3. The molecule has 2 aliphatic heterocycles. The number of alkyl halides is 9. The van der Waals surface area contributed by atoms with E-state index < -0.39 is 36.4 Å². The molecule has 1 fully saturated rings. The van der Waals surface area contributed by atoms with Crippen molar-refractivity contribution in [1.29, 1.82) is 0 Å². The van der Waals surface area contributed by atoms with Gasteiger partial charge in [0.15, 0.2) is 0 Å². The van der Waals surface area contributed by atoms with Crippen molar-refractivity contribution in [1.82, 2.24) is 24.6 Å². The fourth-order valence-electron chi connectivity index (χ4n) is 4.61. The van der Waals surface area contributed by atoms with Crippen LogP contribution in [-0.4, -0.2) is 102 Å². The molecule has 5 rings (SSSR count). The number of aliphatic carboxylic acids is 3. The first-order valence-electron chi connectivity index (χ1n) is 13.9. The van der Waals surface area contributed by atoms with Crippen LogP contribution in [0.5, 0.6) is 0 Å². The summed E-state index contributed by atoms with van der Waals surface area (Å²) >= 11 is 0. The maximum Gasteiger partial charge on any atom is 0.490 e. The Morgan fingerprint density at radius 1 is 0.729 bits per heavy atom. The number of pyridine rings is 1. The van der Waals surface area contributed by atoms with E-state index in [0.29, 0.717) is 5.92 Å². The van der Waals surface area contributed by atoms with Gasteiger partial charge in [-0.15, -0.1) is 0 Å². The standard InChI is InChI=1S/C22H27N5.3C2HF3O2/c1-2-6-22-19(5-1)7-8-20(24-22)16-26-14-18(13-25-11-3-4-12-25)15-27-21(17-26)9-10-23-27;3*3-2(4,5)1(6)7/h1-2,5-10,18H,3-4,11-17H2;3*(H,6,7). The lowest BCUT2D eigenvalue weighted by Gasteiger charge is -2.27. The van der Waals surface area contributed by atoms with E-state index in [-0.39, 0.29) is 0 Å². The minimum atomic E-state index is -5.08. The minimum Gasteiger partial charge on any atom is -0.475 e. The van der Waals surface area contributed by atoms with E-state index >= 15 is 0 Å². The van der Waals surface area contributed by atoms with Crippen LogP contribution in [0.4, 0.5) is 39.5 Å². The third-order valence-corrected chi connectivity index (χ3v) is 6.62. The number of nitrogens with zero attached hydrogens (tertiary/aromatic N) is 5. The van der Waals surface area contributed by atoms with Crippen molar-refractivity contribution in [3.8, 4) is 0 Å². The highest BCUT2D eigenvalue weighted by molar-refractivity contribution is 5.78. The largest absolute Gasteiger partial charge is 0.490 e. The first-order valence-corrected chi connectivity index (χ1v) is 13.9. The zero-order chi connectivity index (χ0) is 36.3. The van der Waals surface area contributed by atoms with Gasteiger partial charge in [-0.05, 0) is 44.1 Å². The maximum absolute atomic E-state index is 10.6. The Morgan fingerprint density at radius 3 is 1.77 bits per heavy atom. The molecular formula is C28H30F9N5O6. The number of benzene rings is 1. The molecule has 20 heteroatoms. The molecule has 266 valence electrons. The van der Waals surface area contributed by atoms with Gasteiger partial charge >= 0.3 is 36.4 Å². The van der Waals surface area contributed by atoms with E-state index in [9.17, 15) is 39.5 Å². The number of hydrogen-bond donors (Lipinski definition) is 3. The Morgan fingerprint density at radius 2 is 1.25 bits per heavy atom. The average molecular weight is 704 g/mol. The quantitative estimate of drug-likeness (QED) is 0.315. The number of hydrogen-bond acceptors (Lipinski definition) is 7. The lowest BCUT2D eigenvalue weighted by molar-refractivity contribution is -0.193. The van der Waals surface area contributed by atoms with Crippen molar-refractivity contribution < 1.29 is 69.2 Å². The van der Waals surface area contributed by atoms with Crippen LogP contribution >= 0.6 is 0 Å². The number of halogens is 9. The highest BCUT2D eigenvalue weighted by Gasteiger charge is 2.39. The summed E-state index contributed by atoms with van der Waals surface area (Å²) in [5, 5.41) is 27.2. The predicted molar refractivity (Wildman–Crippen MR) is 148 cm³/mol. The molecule has 2 aliphatic rings. The molecule has 3 N–H and O–H groups in total. The predicted octanol–water partition coefficient (Wildman–Crippen LogP) is 5.06. The first-order chi connectivity index (χ1) is 22.2. The Kier molecular flexibility index (Phi) is 14.1. The van der Waals surface area contributed by atoms with Crippen LogP contribution in [0.1, 0.15) is 24.2 Å². The third-order valence-electron chi connectivity index (χ3n) is 6.62. The first kappa shape index (κ1) is 39.7. The second kappa shape index (κ2) is 17.1. The van der Waals surface area contributed by atoms with Gasteiger partial charge in [0.1, 0.15) is 0 Å². The number of para-hydroxylation sites is 1. The van der Waals surface area contributed by atoms with Gasteiger partial charge in [0.25, 0.3) is 0 Å². The normalized spacial score (nSPS) is 17.0. The van der Waals surface area contributed by atoms with Crippen LogP contribution in [0.3, 0.4) is 0 Å². The Balaban J connectivity index is 0.000000313. The van der Waals surface area contributed by atoms with Crippen LogP contribution in [-0.2, 0) is 34.0 Å². The summed E-state index contributed by atoms with van der Waals surface area (Å²) in [6.45, 7) is 7.68. The molecular weight excluding hydrogens is 673 g/mol. The van der Waals surface area contributed by atoms with E-state index in [4.69, 9.17) is 34.7 Å². The van der Waals surface area contributed by atoms with Gasteiger partial charge < -0.3 is 20.2 Å². The van der Waals surface area contributed by atoms with Gasteiger partial charge in [-0.25, -0.2) is 14.4 Å². The van der Waals surface area contributed by atoms with E-state index in [1.807, 2.05) is 6.20 Å². The highest BCUT2D eigenvalue weighted by Crippen LogP contribution is 2.21. The summed E-state index contributed by atoms with van der Waals surface area (Å²) in [6, 6.07) is 14.9. The number of carbonyl (C=O) groups is 3. The van der Waals surface area contributed by atoms with Crippen molar-refractivity contribution in [3.63, 3.8) is 0 Å². The Bertz CT molecular complexity index is 1450. The minimum absolute atomic E-state index is 0.615. The number of rotatable bonds is 4. The lowest BCUT2D eigenvalue weighted by atomic mass is 10.1. The molecule has 11 nitrogen and oxygen atoms in total. The summed E-state index contributed by atoms with van der Waals surface area (Å²) in [6.07, 6.45) is -10.6. The van der Waals surface area contributed by atoms with Gasteiger partial charge in [-0.3, -0.25) is 14.6 Å². The molecule has 1 atom stereocenters. The summed E-state index contributed by atoms with van der Waals surface area (Å²) in [5.41, 5.74) is 3.56. The van der Waals surface area contributed by atoms with Gasteiger partial charge in [0.05, 0.1) is 16.9 Å². The van der Waals surface area contributed by atoms with Crippen LogP contribution in [0.2, 0.25) is 0 Å². The summed E-state index contributed by atoms with van der Waals surface area (Å²) < 4.78 is 97.4. The van der Waals surface area contributed by atoms with Crippen molar-refractivity contribution in [2.75, 3.05) is 26.2 Å². The zero-order valence-corrected chi connectivity index (χ0v) is 24.8. The van der Waals surface area contributed by atoms with Gasteiger partial charge in [0.2, 0.25) is 0 Å².